The molecule has 26 heavy (non-hydrogen) atoms. The molecule has 124 valence electrons. The minimum Gasteiger partial charge on any atom is -0.457 e. The molecular weight excluding hydrogens is 320 g/mol. The minimum atomic E-state index is -0.247. The highest BCUT2D eigenvalue weighted by Crippen LogP contribution is 2.35. The van der Waals surface area contributed by atoms with Crippen molar-refractivity contribution in [2.45, 2.75) is 0 Å². The molecule has 0 saturated heterocycles. The van der Waals surface area contributed by atoms with E-state index in [2.05, 4.69) is 54.6 Å². The smallest absolute Gasteiger partial charge is 0.339 e. The van der Waals surface area contributed by atoms with Crippen LogP contribution in [0.2, 0.25) is 0 Å². The summed E-state index contributed by atoms with van der Waals surface area (Å²) < 4.78 is 5.40. The fourth-order valence-electron chi connectivity index (χ4n) is 3.65. The third-order valence-electron chi connectivity index (χ3n) is 4.99. The third-order valence-corrected chi connectivity index (χ3v) is 4.99. The van der Waals surface area contributed by atoms with Gasteiger partial charge in [-0.05, 0) is 44.8 Å². The van der Waals surface area contributed by atoms with Gasteiger partial charge in [0.25, 0.3) is 0 Å². The van der Waals surface area contributed by atoms with Gasteiger partial charge >= 0.3 is 5.97 Å². The van der Waals surface area contributed by atoms with Gasteiger partial charge in [-0.1, -0.05) is 72.8 Å². The predicted molar refractivity (Wildman–Crippen MR) is 106 cm³/mol. The van der Waals surface area contributed by atoms with Gasteiger partial charge in [0.15, 0.2) is 0 Å². The van der Waals surface area contributed by atoms with Crippen molar-refractivity contribution in [3.63, 3.8) is 0 Å². The molecule has 2 nitrogen and oxygen atoms in total. The third kappa shape index (κ3) is 2.39. The molecule has 0 aromatic heterocycles. The zero-order valence-corrected chi connectivity index (χ0v) is 14.1. The van der Waals surface area contributed by atoms with Crippen molar-refractivity contribution >= 4 is 38.7 Å². The Kier molecular flexibility index (Phi) is 3.36. The Bertz CT molecular complexity index is 1200. The van der Waals surface area contributed by atoms with E-state index in [1.54, 1.807) is 0 Å². The average molecular weight is 336 g/mol. The Morgan fingerprint density at radius 1 is 0.615 bits per heavy atom. The molecule has 4 aromatic rings. The number of rotatable bonds is 2. The van der Waals surface area contributed by atoms with Gasteiger partial charge < -0.3 is 4.74 Å². The van der Waals surface area contributed by atoms with Crippen LogP contribution in [0, 0.1) is 0 Å². The maximum atomic E-state index is 12.5. The Morgan fingerprint density at radius 2 is 1.15 bits per heavy atom. The van der Waals surface area contributed by atoms with Crippen molar-refractivity contribution in [1.82, 2.24) is 0 Å². The molecule has 2 heteroatoms. The van der Waals surface area contributed by atoms with E-state index in [1.165, 1.54) is 5.39 Å². The van der Waals surface area contributed by atoms with Gasteiger partial charge in [-0.15, -0.1) is 0 Å². The van der Waals surface area contributed by atoms with Crippen molar-refractivity contribution in [1.29, 1.82) is 0 Å². The lowest BCUT2D eigenvalue weighted by Crippen LogP contribution is -1.98. The number of esters is 1. The van der Waals surface area contributed by atoms with Gasteiger partial charge in [0.2, 0.25) is 0 Å². The summed E-state index contributed by atoms with van der Waals surface area (Å²) in [6.07, 6.45) is 0. The Balaban J connectivity index is 1.70. The number of carbonyl (C=O) groups is 1. The molecule has 0 spiro atoms. The number of benzene rings is 4. The molecule has 1 aliphatic rings. The van der Waals surface area contributed by atoms with E-state index < -0.39 is 0 Å². The Hall–Kier alpha value is -3.39. The zero-order chi connectivity index (χ0) is 17.5. The van der Waals surface area contributed by atoms with Gasteiger partial charge in [0.1, 0.15) is 6.61 Å². The first-order chi connectivity index (χ1) is 12.8. The maximum Gasteiger partial charge on any atom is 0.339 e. The van der Waals surface area contributed by atoms with Crippen LogP contribution in [0.1, 0.15) is 11.1 Å². The van der Waals surface area contributed by atoms with E-state index in [1.807, 2.05) is 30.3 Å². The highest BCUT2D eigenvalue weighted by Gasteiger charge is 2.27. The van der Waals surface area contributed by atoms with Crippen LogP contribution >= 0.6 is 0 Å². The molecule has 0 atom stereocenters. The lowest BCUT2D eigenvalue weighted by Gasteiger charge is -2.07. The summed E-state index contributed by atoms with van der Waals surface area (Å²) >= 11 is 0. The molecule has 1 aliphatic heterocycles. The fourth-order valence-corrected chi connectivity index (χ4v) is 3.65. The molecule has 0 radical (unpaired) electrons. The van der Waals surface area contributed by atoms with E-state index in [4.69, 9.17) is 4.74 Å². The van der Waals surface area contributed by atoms with Gasteiger partial charge in [0, 0.05) is 5.57 Å². The van der Waals surface area contributed by atoms with E-state index in [0.717, 1.165) is 32.9 Å². The predicted octanol–water partition coefficient (Wildman–Crippen LogP) is 5.46. The van der Waals surface area contributed by atoms with Crippen molar-refractivity contribution in [2.24, 2.45) is 0 Å². The highest BCUT2D eigenvalue weighted by molar-refractivity contribution is 6.27. The number of fused-ring (bicyclic) bond motifs is 2. The topological polar surface area (TPSA) is 26.3 Å². The minimum absolute atomic E-state index is 0.247. The molecular formula is C24H16O2. The van der Waals surface area contributed by atoms with Crippen molar-refractivity contribution in [3.8, 4) is 0 Å². The number of carbonyl (C=O) groups excluding carboxylic acids is 1. The first-order valence-electron chi connectivity index (χ1n) is 8.68. The standard InChI is InChI=1S/C24H16O2/c25-24-23(21-12-10-17-6-2-4-8-19(17)14-21)22(15-26-24)20-11-9-16-5-1-3-7-18(16)13-20/h1-14H,15H2. The molecule has 0 unspecified atom stereocenters. The SMILES string of the molecule is O=C1OCC(c2ccc3ccccc3c2)=C1c1ccc2ccccc2c1. The zero-order valence-electron chi connectivity index (χ0n) is 14.1. The van der Waals surface area contributed by atoms with E-state index in [-0.39, 0.29) is 5.97 Å². The normalized spacial score (nSPS) is 14.2. The second-order valence-corrected chi connectivity index (χ2v) is 6.55. The summed E-state index contributed by atoms with van der Waals surface area (Å²) in [4.78, 5) is 12.5. The molecule has 1 heterocycles. The highest BCUT2D eigenvalue weighted by atomic mass is 16.5. The van der Waals surface area contributed by atoms with Crippen LogP contribution in [0.4, 0.5) is 0 Å². The van der Waals surface area contributed by atoms with Gasteiger partial charge in [-0.3, -0.25) is 0 Å². The summed E-state index contributed by atoms with van der Waals surface area (Å²) in [7, 11) is 0. The molecule has 4 aromatic carbocycles. The first kappa shape index (κ1) is 14.9. The number of ether oxygens (including phenoxy) is 1. The van der Waals surface area contributed by atoms with Crippen molar-refractivity contribution in [2.75, 3.05) is 6.61 Å². The van der Waals surface area contributed by atoms with Crippen LogP contribution in [-0.4, -0.2) is 12.6 Å². The number of hydrogen-bond acceptors (Lipinski definition) is 2. The lowest BCUT2D eigenvalue weighted by atomic mass is 9.94. The molecule has 0 fully saturated rings. The average Bonchev–Trinajstić information content (AvgIpc) is 3.08. The first-order valence-corrected chi connectivity index (χ1v) is 8.68. The van der Waals surface area contributed by atoms with Gasteiger partial charge in [-0.25, -0.2) is 4.79 Å². The maximum absolute atomic E-state index is 12.5. The Labute approximate surface area is 151 Å². The lowest BCUT2D eigenvalue weighted by molar-refractivity contribution is -0.133. The summed E-state index contributed by atoms with van der Waals surface area (Å²) in [5.41, 5.74) is 3.58. The van der Waals surface area contributed by atoms with Gasteiger partial charge in [-0.2, -0.15) is 0 Å². The number of hydrogen-bond donors (Lipinski definition) is 0. The van der Waals surface area contributed by atoms with Crippen LogP contribution < -0.4 is 0 Å². The quantitative estimate of drug-likeness (QED) is 0.454. The van der Waals surface area contributed by atoms with Crippen LogP contribution in [-0.2, 0) is 9.53 Å². The largest absolute Gasteiger partial charge is 0.457 e. The molecule has 0 bridgehead atoms. The monoisotopic (exact) mass is 336 g/mol. The Morgan fingerprint density at radius 3 is 1.81 bits per heavy atom. The summed E-state index contributed by atoms with van der Waals surface area (Å²) in [5.74, 6) is -0.247. The summed E-state index contributed by atoms with van der Waals surface area (Å²) in [6, 6.07) is 28.8. The van der Waals surface area contributed by atoms with Crippen molar-refractivity contribution < 1.29 is 9.53 Å². The second-order valence-electron chi connectivity index (χ2n) is 6.55. The molecule has 0 amide bonds. The van der Waals surface area contributed by atoms with Crippen LogP contribution in [0.3, 0.4) is 0 Å². The molecule has 0 N–H and O–H groups in total. The van der Waals surface area contributed by atoms with Crippen LogP contribution in [0.15, 0.2) is 84.9 Å². The second kappa shape index (κ2) is 5.85. The van der Waals surface area contributed by atoms with E-state index in [0.29, 0.717) is 12.2 Å². The molecule has 0 saturated carbocycles. The van der Waals surface area contributed by atoms with Crippen LogP contribution in [0.5, 0.6) is 0 Å². The molecule has 0 aliphatic carbocycles. The van der Waals surface area contributed by atoms with Gasteiger partial charge in [0.05, 0.1) is 5.57 Å². The van der Waals surface area contributed by atoms with Crippen molar-refractivity contribution in [3.05, 3.63) is 96.1 Å². The fraction of sp³-hybridized carbons (Fsp3) is 0.0417. The molecule has 5 rings (SSSR count). The number of cyclic esters (lactones) is 1. The van der Waals surface area contributed by atoms with Crippen LogP contribution in [0.25, 0.3) is 32.7 Å². The summed E-state index contributed by atoms with van der Waals surface area (Å²) in [5, 5.41) is 4.63. The van der Waals surface area contributed by atoms with E-state index >= 15 is 0 Å². The summed E-state index contributed by atoms with van der Waals surface area (Å²) in [6.45, 7) is 0.319. The van der Waals surface area contributed by atoms with E-state index in [9.17, 15) is 4.79 Å².